The number of unbranched alkanes of at least 4 members (excludes halogenated alkanes) is 24. The van der Waals surface area contributed by atoms with Crippen LogP contribution in [0.25, 0.3) is 11.1 Å². The Morgan fingerprint density at radius 1 is 0.417 bits per heavy atom. The average molecular weight is 663 g/mol. The van der Waals surface area contributed by atoms with Gasteiger partial charge in [0.1, 0.15) is 0 Å². The van der Waals surface area contributed by atoms with Crippen LogP contribution in [-0.4, -0.2) is 11.9 Å². The molecule has 0 bridgehead atoms. The van der Waals surface area contributed by atoms with E-state index in [1.807, 2.05) is 42.5 Å². The van der Waals surface area contributed by atoms with Crippen molar-refractivity contribution in [1.29, 1.82) is 0 Å². The maximum absolute atomic E-state index is 13.0. The number of para-hydroxylation sites is 1. The van der Waals surface area contributed by atoms with Gasteiger partial charge in [-0.1, -0.05) is 210 Å². The van der Waals surface area contributed by atoms with Gasteiger partial charge in [0, 0.05) is 18.4 Å². The van der Waals surface area contributed by atoms with Gasteiger partial charge >= 0.3 is 11.9 Å². The second-order valence-corrected chi connectivity index (χ2v) is 13.9. The van der Waals surface area contributed by atoms with Crippen LogP contribution in [0.15, 0.2) is 48.5 Å². The summed E-state index contributed by atoms with van der Waals surface area (Å²) in [6.07, 6.45) is 33.7. The molecule has 0 N–H and O–H groups in total. The molecule has 0 aliphatic carbocycles. The van der Waals surface area contributed by atoms with Crippen molar-refractivity contribution < 1.29 is 19.1 Å². The molecule has 0 radical (unpaired) electrons. The van der Waals surface area contributed by atoms with E-state index in [2.05, 4.69) is 13.8 Å². The molecule has 4 nitrogen and oxygen atoms in total. The second kappa shape index (κ2) is 29.3. The van der Waals surface area contributed by atoms with Crippen LogP contribution in [-0.2, 0) is 9.59 Å². The number of hydrogen-bond acceptors (Lipinski definition) is 4. The van der Waals surface area contributed by atoms with Crippen LogP contribution in [0.4, 0.5) is 0 Å². The third-order valence-electron chi connectivity index (χ3n) is 9.47. The highest BCUT2D eigenvalue weighted by Gasteiger charge is 2.19. The van der Waals surface area contributed by atoms with Gasteiger partial charge < -0.3 is 9.47 Å². The molecule has 0 heterocycles. The fraction of sp³-hybridized carbons (Fsp3) is 0.682. The van der Waals surface area contributed by atoms with Gasteiger partial charge in [-0.25, -0.2) is 0 Å². The summed E-state index contributed by atoms with van der Waals surface area (Å²) < 4.78 is 11.8. The Bertz CT molecular complexity index is 1060. The minimum Gasteiger partial charge on any atom is -0.422 e. The van der Waals surface area contributed by atoms with Gasteiger partial charge in [0.2, 0.25) is 0 Å². The molecule has 270 valence electrons. The summed E-state index contributed by atoms with van der Waals surface area (Å²) in [5, 5.41) is 0. The third-order valence-corrected chi connectivity index (χ3v) is 9.47. The molecule has 0 saturated carbocycles. The summed E-state index contributed by atoms with van der Waals surface area (Å²) in [5.41, 5.74) is 1.69. The smallest absolute Gasteiger partial charge is 0.311 e. The lowest BCUT2D eigenvalue weighted by atomic mass is 10.0. The Kier molecular flexibility index (Phi) is 25.4. The third kappa shape index (κ3) is 20.7. The maximum Gasteiger partial charge on any atom is 0.311 e. The van der Waals surface area contributed by atoms with Gasteiger partial charge in [-0.15, -0.1) is 0 Å². The summed E-state index contributed by atoms with van der Waals surface area (Å²) in [6, 6.07) is 15.4. The normalized spacial score (nSPS) is 11.1. The fourth-order valence-corrected chi connectivity index (χ4v) is 6.46. The van der Waals surface area contributed by atoms with Gasteiger partial charge in [0.25, 0.3) is 0 Å². The van der Waals surface area contributed by atoms with Crippen molar-refractivity contribution in [2.24, 2.45) is 0 Å². The average Bonchev–Trinajstić information content (AvgIpc) is 3.10. The molecule has 0 fully saturated rings. The monoisotopic (exact) mass is 663 g/mol. The first-order chi connectivity index (χ1) is 23.7. The fourth-order valence-electron chi connectivity index (χ4n) is 6.46. The molecule has 0 spiro atoms. The van der Waals surface area contributed by atoms with Crippen molar-refractivity contribution in [3.63, 3.8) is 0 Å². The molecule has 0 aliphatic heterocycles. The van der Waals surface area contributed by atoms with Crippen molar-refractivity contribution in [2.45, 2.75) is 194 Å². The van der Waals surface area contributed by atoms with Gasteiger partial charge in [-0.3, -0.25) is 9.59 Å². The zero-order chi connectivity index (χ0) is 34.3. The number of hydrogen-bond donors (Lipinski definition) is 0. The van der Waals surface area contributed by atoms with E-state index in [1.165, 1.54) is 128 Å². The highest BCUT2D eigenvalue weighted by Crippen LogP contribution is 2.39. The van der Waals surface area contributed by atoms with Gasteiger partial charge in [0.15, 0.2) is 11.5 Å². The van der Waals surface area contributed by atoms with E-state index in [4.69, 9.17) is 9.47 Å². The Balaban J connectivity index is 1.70. The predicted molar refractivity (Wildman–Crippen MR) is 204 cm³/mol. The van der Waals surface area contributed by atoms with Crippen LogP contribution >= 0.6 is 0 Å². The van der Waals surface area contributed by atoms with E-state index in [-0.39, 0.29) is 11.9 Å². The first kappa shape index (κ1) is 41.6. The van der Waals surface area contributed by atoms with Gasteiger partial charge in [-0.2, -0.15) is 0 Å². The molecule has 2 aromatic rings. The largest absolute Gasteiger partial charge is 0.422 e. The number of benzene rings is 2. The first-order valence-electron chi connectivity index (χ1n) is 20.3. The SMILES string of the molecule is CCCCCCCCCCCCCCCC(=O)Oc1cccc(-c2ccccc2)c1OC(=O)CCCCCCCCCCCCCCC. The summed E-state index contributed by atoms with van der Waals surface area (Å²) in [7, 11) is 0. The second-order valence-electron chi connectivity index (χ2n) is 13.9. The molecule has 2 aromatic carbocycles. The van der Waals surface area contributed by atoms with E-state index in [0.717, 1.165) is 49.7 Å². The van der Waals surface area contributed by atoms with Crippen molar-refractivity contribution in [3.05, 3.63) is 48.5 Å². The Hall–Kier alpha value is -2.62. The van der Waals surface area contributed by atoms with E-state index >= 15 is 0 Å². The van der Waals surface area contributed by atoms with Crippen LogP contribution < -0.4 is 9.47 Å². The number of carbonyl (C=O) groups excluding carboxylic acids is 2. The predicted octanol–water partition coefficient (Wildman–Crippen LogP) is 14.1. The molecule has 0 aromatic heterocycles. The molecule has 2 rings (SSSR count). The summed E-state index contributed by atoms with van der Waals surface area (Å²) in [5.74, 6) is 0.143. The Labute approximate surface area is 295 Å². The van der Waals surface area contributed by atoms with Crippen LogP contribution in [0.1, 0.15) is 194 Å². The van der Waals surface area contributed by atoms with Crippen LogP contribution in [0.3, 0.4) is 0 Å². The molecule has 0 atom stereocenters. The molecule has 0 unspecified atom stereocenters. The lowest BCUT2D eigenvalue weighted by Gasteiger charge is -2.15. The Morgan fingerprint density at radius 2 is 0.792 bits per heavy atom. The molecular formula is C44H70O4. The minimum absolute atomic E-state index is 0.267. The van der Waals surface area contributed by atoms with Crippen LogP contribution in [0.5, 0.6) is 11.5 Å². The van der Waals surface area contributed by atoms with E-state index < -0.39 is 0 Å². The van der Waals surface area contributed by atoms with Crippen LogP contribution in [0.2, 0.25) is 0 Å². The van der Waals surface area contributed by atoms with Crippen LogP contribution in [0, 0.1) is 0 Å². The lowest BCUT2D eigenvalue weighted by Crippen LogP contribution is -2.12. The molecule has 4 heteroatoms. The first-order valence-corrected chi connectivity index (χ1v) is 20.3. The van der Waals surface area contributed by atoms with Crippen molar-refractivity contribution in [3.8, 4) is 22.6 Å². The summed E-state index contributed by atoms with van der Waals surface area (Å²) >= 11 is 0. The highest BCUT2D eigenvalue weighted by atomic mass is 16.6. The summed E-state index contributed by atoms with van der Waals surface area (Å²) in [4.78, 5) is 25.8. The molecular weight excluding hydrogens is 592 g/mol. The number of rotatable bonds is 31. The van der Waals surface area contributed by atoms with E-state index in [9.17, 15) is 9.59 Å². The van der Waals surface area contributed by atoms with E-state index in [0.29, 0.717) is 24.3 Å². The topological polar surface area (TPSA) is 52.6 Å². The van der Waals surface area contributed by atoms with Crippen molar-refractivity contribution in [1.82, 2.24) is 0 Å². The number of ether oxygens (including phenoxy) is 2. The number of esters is 2. The zero-order valence-electron chi connectivity index (χ0n) is 31.1. The van der Waals surface area contributed by atoms with Crippen molar-refractivity contribution >= 4 is 11.9 Å². The molecule has 0 saturated heterocycles. The molecule has 48 heavy (non-hydrogen) atoms. The standard InChI is InChI=1S/C44H70O4/c1-3-5-7-9-11-13-15-17-19-21-23-25-30-37-42(45)47-41-36-32-35-40(39-33-28-27-29-34-39)44(41)48-43(46)38-31-26-24-22-20-18-16-14-12-10-8-6-4-2/h27-29,32-36H,3-26,30-31,37-38H2,1-2H3. The Morgan fingerprint density at radius 3 is 1.21 bits per heavy atom. The maximum atomic E-state index is 13.0. The van der Waals surface area contributed by atoms with Crippen molar-refractivity contribution in [2.75, 3.05) is 0 Å². The van der Waals surface area contributed by atoms with Gasteiger partial charge in [0.05, 0.1) is 0 Å². The lowest BCUT2D eigenvalue weighted by molar-refractivity contribution is -0.137. The molecule has 0 aliphatic rings. The van der Waals surface area contributed by atoms with Gasteiger partial charge in [-0.05, 0) is 24.5 Å². The zero-order valence-corrected chi connectivity index (χ0v) is 31.1. The highest BCUT2D eigenvalue weighted by molar-refractivity contribution is 5.82. The molecule has 0 amide bonds. The number of carbonyl (C=O) groups is 2. The quantitative estimate of drug-likeness (QED) is 0.0458. The van der Waals surface area contributed by atoms with E-state index in [1.54, 1.807) is 6.07 Å². The minimum atomic E-state index is -0.268. The summed E-state index contributed by atoms with van der Waals surface area (Å²) in [6.45, 7) is 4.54.